The fourth-order valence-electron chi connectivity index (χ4n) is 2.07. The first kappa shape index (κ1) is 18.7. The van der Waals surface area contributed by atoms with E-state index in [2.05, 4.69) is 4.72 Å². The molecule has 0 aliphatic carbocycles. The smallest absolute Gasteiger partial charge is 0.273 e. The van der Waals surface area contributed by atoms with Gasteiger partial charge >= 0.3 is 0 Å². The van der Waals surface area contributed by atoms with Gasteiger partial charge in [0.1, 0.15) is 18.1 Å². The van der Waals surface area contributed by atoms with Crippen molar-refractivity contribution in [2.24, 2.45) is 0 Å². The molecule has 8 nitrogen and oxygen atoms in total. The highest BCUT2D eigenvalue weighted by molar-refractivity contribution is 7.89. The van der Waals surface area contributed by atoms with Crippen molar-refractivity contribution in [2.45, 2.75) is 11.8 Å². The number of benzene rings is 2. The summed E-state index contributed by atoms with van der Waals surface area (Å²) < 4.78 is 37.3. The van der Waals surface area contributed by atoms with Crippen molar-refractivity contribution in [3.05, 3.63) is 58.1 Å². The zero-order valence-electron chi connectivity index (χ0n) is 13.8. The zero-order valence-corrected chi connectivity index (χ0v) is 14.6. The van der Waals surface area contributed by atoms with E-state index >= 15 is 0 Å². The Balaban J connectivity index is 1.97. The molecule has 2 aromatic carbocycles. The summed E-state index contributed by atoms with van der Waals surface area (Å²) >= 11 is 0. The maximum Gasteiger partial charge on any atom is 0.273 e. The standard InChI is InChI=1S/C16H18N2O6S/c1-12-6-7-15(11-16(12)18(19)20)25(21,22)17-8-9-24-14-5-3-4-13(10-14)23-2/h3-7,10-11,17H,8-9H2,1-2H3. The van der Waals surface area contributed by atoms with Crippen LogP contribution in [0.2, 0.25) is 0 Å². The van der Waals surface area contributed by atoms with E-state index < -0.39 is 14.9 Å². The fraction of sp³-hybridized carbons (Fsp3) is 0.250. The molecule has 9 heteroatoms. The monoisotopic (exact) mass is 366 g/mol. The van der Waals surface area contributed by atoms with Gasteiger partial charge in [0, 0.05) is 24.2 Å². The molecule has 134 valence electrons. The normalized spacial score (nSPS) is 11.1. The molecule has 0 atom stereocenters. The van der Waals surface area contributed by atoms with Crippen molar-refractivity contribution in [2.75, 3.05) is 20.3 Å². The van der Waals surface area contributed by atoms with Crippen LogP contribution in [0.15, 0.2) is 47.4 Å². The molecule has 2 rings (SSSR count). The van der Waals surface area contributed by atoms with Crippen molar-refractivity contribution in [3.8, 4) is 11.5 Å². The number of ether oxygens (including phenoxy) is 2. The van der Waals surface area contributed by atoms with Crippen LogP contribution < -0.4 is 14.2 Å². The maximum atomic E-state index is 12.2. The highest BCUT2D eigenvalue weighted by Gasteiger charge is 2.19. The Bertz CT molecular complexity index is 867. The molecule has 0 spiro atoms. The molecule has 25 heavy (non-hydrogen) atoms. The number of nitro benzene ring substituents is 1. The van der Waals surface area contributed by atoms with Gasteiger partial charge in [-0.1, -0.05) is 12.1 Å². The minimum absolute atomic E-state index is 0.0151. The topological polar surface area (TPSA) is 108 Å². The summed E-state index contributed by atoms with van der Waals surface area (Å²) in [7, 11) is -2.32. The van der Waals surface area contributed by atoms with Crippen molar-refractivity contribution < 1.29 is 22.8 Å². The van der Waals surface area contributed by atoms with Crippen LogP contribution in [0.5, 0.6) is 11.5 Å². The first-order valence-corrected chi connectivity index (χ1v) is 8.83. The molecule has 0 amide bonds. The number of nitrogens with zero attached hydrogens (tertiary/aromatic N) is 1. The Kier molecular flexibility index (Phi) is 5.94. The maximum absolute atomic E-state index is 12.2. The third kappa shape index (κ3) is 4.91. The van der Waals surface area contributed by atoms with Gasteiger partial charge in [0.25, 0.3) is 5.69 Å². The Morgan fingerprint density at radius 2 is 1.88 bits per heavy atom. The summed E-state index contributed by atoms with van der Waals surface area (Å²) in [6, 6.07) is 10.7. The molecule has 2 aromatic rings. The molecule has 1 N–H and O–H groups in total. The Hall–Kier alpha value is -2.65. The van der Waals surface area contributed by atoms with E-state index in [4.69, 9.17) is 9.47 Å². The van der Waals surface area contributed by atoms with Crippen LogP contribution in [0.25, 0.3) is 0 Å². The Morgan fingerprint density at radius 3 is 2.56 bits per heavy atom. The lowest BCUT2D eigenvalue weighted by molar-refractivity contribution is -0.385. The number of hydrogen-bond acceptors (Lipinski definition) is 6. The Morgan fingerprint density at radius 1 is 1.16 bits per heavy atom. The van der Waals surface area contributed by atoms with E-state index in [9.17, 15) is 18.5 Å². The molecular weight excluding hydrogens is 348 g/mol. The minimum Gasteiger partial charge on any atom is -0.497 e. The number of nitro groups is 1. The number of methoxy groups -OCH3 is 1. The quantitative estimate of drug-likeness (QED) is 0.436. The number of rotatable bonds is 8. The zero-order chi connectivity index (χ0) is 18.4. The Labute approximate surface area is 145 Å². The molecule has 0 aromatic heterocycles. The van der Waals surface area contributed by atoms with Crippen LogP contribution in [0.3, 0.4) is 0 Å². The van der Waals surface area contributed by atoms with Gasteiger partial charge in [-0.05, 0) is 25.1 Å². The molecule has 0 aliphatic rings. The number of nitrogens with one attached hydrogen (secondary N) is 1. The molecule has 0 unspecified atom stereocenters. The van der Waals surface area contributed by atoms with E-state index in [1.165, 1.54) is 19.2 Å². The van der Waals surface area contributed by atoms with Crippen LogP contribution in [0.4, 0.5) is 5.69 Å². The summed E-state index contributed by atoms with van der Waals surface area (Å²) in [5.41, 5.74) is 0.154. The molecule has 0 heterocycles. The molecule has 0 fully saturated rings. The molecule has 0 saturated heterocycles. The van der Waals surface area contributed by atoms with Gasteiger partial charge in [-0.15, -0.1) is 0 Å². The highest BCUT2D eigenvalue weighted by Crippen LogP contribution is 2.22. The number of sulfonamides is 1. The van der Waals surface area contributed by atoms with Gasteiger partial charge < -0.3 is 9.47 Å². The summed E-state index contributed by atoms with van der Waals surface area (Å²) in [6.07, 6.45) is 0. The first-order chi connectivity index (χ1) is 11.8. The first-order valence-electron chi connectivity index (χ1n) is 7.35. The summed E-state index contributed by atoms with van der Waals surface area (Å²) in [6.45, 7) is 1.66. The van der Waals surface area contributed by atoms with Gasteiger partial charge in [-0.25, -0.2) is 13.1 Å². The average molecular weight is 366 g/mol. The van der Waals surface area contributed by atoms with Gasteiger partial charge in [0.05, 0.1) is 16.9 Å². The van der Waals surface area contributed by atoms with Crippen LogP contribution in [-0.2, 0) is 10.0 Å². The molecule has 0 bridgehead atoms. The lowest BCUT2D eigenvalue weighted by Gasteiger charge is -2.10. The van der Waals surface area contributed by atoms with Crippen LogP contribution >= 0.6 is 0 Å². The predicted octanol–water partition coefficient (Wildman–Crippen LogP) is 2.27. The van der Waals surface area contributed by atoms with Crippen LogP contribution in [0, 0.1) is 17.0 Å². The number of hydrogen-bond donors (Lipinski definition) is 1. The van der Waals surface area contributed by atoms with Crippen molar-refractivity contribution in [1.82, 2.24) is 4.72 Å². The van der Waals surface area contributed by atoms with Gasteiger partial charge in [-0.3, -0.25) is 10.1 Å². The lowest BCUT2D eigenvalue weighted by Crippen LogP contribution is -2.28. The van der Waals surface area contributed by atoms with E-state index in [1.54, 1.807) is 31.2 Å². The molecule has 0 radical (unpaired) electrons. The van der Waals surface area contributed by atoms with Gasteiger partial charge in [0.15, 0.2) is 0 Å². The molecule has 0 aliphatic heterocycles. The lowest BCUT2D eigenvalue weighted by atomic mass is 10.2. The van der Waals surface area contributed by atoms with E-state index in [0.717, 1.165) is 6.07 Å². The highest BCUT2D eigenvalue weighted by atomic mass is 32.2. The van der Waals surface area contributed by atoms with Crippen LogP contribution in [-0.4, -0.2) is 33.6 Å². The van der Waals surface area contributed by atoms with Gasteiger partial charge in [-0.2, -0.15) is 0 Å². The molecular formula is C16H18N2O6S. The number of aryl methyl sites for hydroxylation is 1. The second-order valence-corrected chi connectivity index (χ2v) is 6.90. The van der Waals surface area contributed by atoms with Crippen molar-refractivity contribution >= 4 is 15.7 Å². The van der Waals surface area contributed by atoms with Crippen molar-refractivity contribution in [3.63, 3.8) is 0 Å². The van der Waals surface area contributed by atoms with Crippen molar-refractivity contribution in [1.29, 1.82) is 0 Å². The van der Waals surface area contributed by atoms with E-state index in [1.807, 2.05) is 0 Å². The summed E-state index contributed by atoms with van der Waals surface area (Å²) in [5.74, 6) is 1.18. The third-order valence-corrected chi connectivity index (χ3v) is 4.85. The predicted molar refractivity (Wildman–Crippen MR) is 91.5 cm³/mol. The fourth-order valence-corrected chi connectivity index (χ4v) is 3.10. The summed E-state index contributed by atoms with van der Waals surface area (Å²) in [4.78, 5) is 10.2. The van der Waals surface area contributed by atoms with Gasteiger partial charge in [0.2, 0.25) is 10.0 Å². The van der Waals surface area contributed by atoms with Crippen LogP contribution in [0.1, 0.15) is 5.56 Å². The minimum atomic E-state index is -3.86. The second-order valence-electron chi connectivity index (χ2n) is 5.13. The summed E-state index contributed by atoms with van der Waals surface area (Å²) in [5, 5.41) is 10.9. The molecule has 0 saturated carbocycles. The SMILES string of the molecule is COc1cccc(OCCNS(=O)(=O)c2ccc(C)c([N+](=O)[O-])c2)c1. The van der Waals surface area contributed by atoms with E-state index in [-0.39, 0.29) is 23.7 Å². The largest absolute Gasteiger partial charge is 0.497 e. The van der Waals surface area contributed by atoms with E-state index in [0.29, 0.717) is 17.1 Å². The second kappa shape index (κ2) is 7.95. The third-order valence-electron chi connectivity index (χ3n) is 3.39. The average Bonchev–Trinajstić information content (AvgIpc) is 2.59.